The fourth-order valence-corrected chi connectivity index (χ4v) is 0.684. The van der Waals surface area contributed by atoms with Gasteiger partial charge in [-0.15, -0.1) is 0 Å². The Morgan fingerprint density at radius 2 is 2.18 bits per heavy atom. The number of hydrogen-bond donors (Lipinski definition) is 2. The Bertz CT molecular complexity index is 202. The van der Waals surface area contributed by atoms with Crippen molar-refractivity contribution in [1.82, 2.24) is 0 Å². The molecule has 0 saturated heterocycles. The highest BCUT2D eigenvalue weighted by molar-refractivity contribution is 5.30. The van der Waals surface area contributed by atoms with E-state index >= 15 is 0 Å². The fraction of sp³-hybridized carbons (Fsp3) is 0.333. The van der Waals surface area contributed by atoms with Gasteiger partial charge in [0.05, 0.1) is 0 Å². The standard InChI is InChI=1S/C9H15NO/c1-4-8(7(3)10)6-9(11)5-2/h5-6,11H,3-4,10H2,1-2H3/b8-6-,9-5+. The number of nitrogens with two attached hydrogens (primary N) is 1. The molecule has 0 aromatic rings. The molecule has 2 heteroatoms. The Morgan fingerprint density at radius 3 is 2.45 bits per heavy atom. The third kappa shape index (κ3) is 3.50. The van der Waals surface area contributed by atoms with Gasteiger partial charge in [-0.2, -0.15) is 0 Å². The first-order valence-corrected chi connectivity index (χ1v) is 3.62. The van der Waals surface area contributed by atoms with Crippen LogP contribution in [-0.2, 0) is 0 Å². The van der Waals surface area contributed by atoms with Gasteiger partial charge in [0.25, 0.3) is 0 Å². The van der Waals surface area contributed by atoms with Gasteiger partial charge in [0.1, 0.15) is 5.76 Å². The van der Waals surface area contributed by atoms with Gasteiger partial charge in [0.15, 0.2) is 0 Å². The van der Waals surface area contributed by atoms with Crippen molar-refractivity contribution in [2.24, 2.45) is 5.73 Å². The van der Waals surface area contributed by atoms with Gasteiger partial charge < -0.3 is 10.8 Å². The molecule has 0 aliphatic carbocycles. The summed E-state index contributed by atoms with van der Waals surface area (Å²) >= 11 is 0. The van der Waals surface area contributed by atoms with Gasteiger partial charge in [-0.05, 0) is 31.1 Å². The lowest BCUT2D eigenvalue weighted by Crippen LogP contribution is -1.98. The van der Waals surface area contributed by atoms with Gasteiger partial charge in [-0.1, -0.05) is 13.5 Å². The highest BCUT2D eigenvalue weighted by Gasteiger charge is 1.95. The highest BCUT2D eigenvalue weighted by Crippen LogP contribution is 2.09. The first-order chi connectivity index (χ1) is 5.11. The molecule has 0 amide bonds. The first-order valence-electron chi connectivity index (χ1n) is 3.62. The Balaban J connectivity index is 4.49. The number of allylic oxidation sites excluding steroid dienone is 3. The van der Waals surface area contributed by atoms with Crippen LogP contribution in [-0.4, -0.2) is 5.11 Å². The molecule has 2 nitrogen and oxygen atoms in total. The molecule has 0 atom stereocenters. The van der Waals surface area contributed by atoms with E-state index in [2.05, 4.69) is 6.58 Å². The number of rotatable bonds is 3. The highest BCUT2D eigenvalue weighted by atomic mass is 16.3. The third-order valence-electron chi connectivity index (χ3n) is 1.41. The molecular weight excluding hydrogens is 138 g/mol. The summed E-state index contributed by atoms with van der Waals surface area (Å²) in [5.74, 6) is 0.230. The zero-order valence-electron chi connectivity index (χ0n) is 7.09. The van der Waals surface area contributed by atoms with Crippen LogP contribution < -0.4 is 5.73 Å². The molecule has 0 radical (unpaired) electrons. The molecule has 0 aliphatic rings. The summed E-state index contributed by atoms with van der Waals surface area (Å²) in [4.78, 5) is 0. The minimum Gasteiger partial charge on any atom is -0.508 e. The summed E-state index contributed by atoms with van der Waals surface area (Å²) in [6.07, 6.45) is 4.02. The van der Waals surface area contributed by atoms with Crippen molar-refractivity contribution < 1.29 is 5.11 Å². The van der Waals surface area contributed by atoms with Crippen molar-refractivity contribution in [1.29, 1.82) is 0 Å². The molecule has 0 rings (SSSR count). The summed E-state index contributed by atoms with van der Waals surface area (Å²) in [6, 6.07) is 0. The zero-order chi connectivity index (χ0) is 8.85. The van der Waals surface area contributed by atoms with Gasteiger partial charge in [-0.3, -0.25) is 0 Å². The summed E-state index contributed by atoms with van der Waals surface area (Å²) in [7, 11) is 0. The zero-order valence-corrected chi connectivity index (χ0v) is 7.09. The predicted molar refractivity (Wildman–Crippen MR) is 48.1 cm³/mol. The van der Waals surface area contributed by atoms with E-state index in [1.165, 1.54) is 0 Å². The second kappa shape index (κ2) is 4.61. The van der Waals surface area contributed by atoms with Crippen LogP contribution in [0.5, 0.6) is 0 Å². The third-order valence-corrected chi connectivity index (χ3v) is 1.41. The van der Waals surface area contributed by atoms with Crippen LogP contribution >= 0.6 is 0 Å². The van der Waals surface area contributed by atoms with Crippen molar-refractivity contribution in [2.45, 2.75) is 20.3 Å². The van der Waals surface area contributed by atoms with Crippen LogP contribution in [0.4, 0.5) is 0 Å². The largest absolute Gasteiger partial charge is 0.508 e. The van der Waals surface area contributed by atoms with Crippen LogP contribution in [0.3, 0.4) is 0 Å². The lowest BCUT2D eigenvalue weighted by molar-refractivity contribution is 0.430. The van der Waals surface area contributed by atoms with Crippen molar-refractivity contribution >= 4 is 0 Å². The number of aliphatic hydroxyl groups excluding tert-OH is 1. The quantitative estimate of drug-likeness (QED) is 0.482. The van der Waals surface area contributed by atoms with Crippen molar-refractivity contribution in [3.05, 3.63) is 35.8 Å². The van der Waals surface area contributed by atoms with Gasteiger partial charge in [0.2, 0.25) is 0 Å². The summed E-state index contributed by atoms with van der Waals surface area (Å²) in [6.45, 7) is 7.31. The molecule has 0 spiro atoms. The lowest BCUT2D eigenvalue weighted by Gasteiger charge is -2.01. The molecule has 0 heterocycles. The van der Waals surface area contributed by atoms with Crippen LogP contribution in [0.1, 0.15) is 20.3 Å². The second-order valence-corrected chi connectivity index (χ2v) is 2.26. The summed E-state index contributed by atoms with van der Waals surface area (Å²) in [5, 5.41) is 9.10. The Labute approximate surface area is 67.7 Å². The van der Waals surface area contributed by atoms with Crippen LogP contribution in [0, 0.1) is 0 Å². The second-order valence-electron chi connectivity index (χ2n) is 2.26. The molecule has 11 heavy (non-hydrogen) atoms. The molecular formula is C9H15NO. The fourth-order valence-electron chi connectivity index (χ4n) is 0.684. The lowest BCUT2D eigenvalue weighted by atomic mass is 10.1. The Morgan fingerprint density at radius 1 is 1.64 bits per heavy atom. The van der Waals surface area contributed by atoms with E-state index in [-0.39, 0.29) is 5.76 Å². The average molecular weight is 153 g/mol. The maximum atomic E-state index is 9.10. The molecule has 0 bridgehead atoms. The molecule has 0 aromatic carbocycles. The van der Waals surface area contributed by atoms with Gasteiger partial charge in [0, 0.05) is 5.70 Å². The van der Waals surface area contributed by atoms with Crippen molar-refractivity contribution in [3.63, 3.8) is 0 Å². The van der Waals surface area contributed by atoms with Gasteiger partial charge in [-0.25, -0.2) is 0 Å². The predicted octanol–water partition coefficient (Wildman–Crippen LogP) is 2.26. The number of aliphatic hydroxyl groups is 1. The molecule has 62 valence electrons. The van der Waals surface area contributed by atoms with Crippen LogP contribution in [0.15, 0.2) is 35.8 Å². The molecule has 0 aliphatic heterocycles. The molecule has 0 saturated carbocycles. The van der Waals surface area contributed by atoms with E-state index in [4.69, 9.17) is 10.8 Å². The van der Waals surface area contributed by atoms with Gasteiger partial charge >= 0.3 is 0 Å². The van der Waals surface area contributed by atoms with E-state index in [1.807, 2.05) is 6.92 Å². The van der Waals surface area contributed by atoms with Crippen LogP contribution in [0.2, 0.25) is 0 Å². The maximum Gasteiger partial charge on any atom is 0.111 e. The Kier molecular flexibility index (Phi) is 4.11. The minimum absolute atomic E-state index is 0.230. The van der Waals surface area contributed by atoms with Crippen LogP contribution in [0.25, 0.3) is 0 Å². The molecule has 0 fully saturated rings. The number of hydrogen-bond acceptors (Lipinski definition) is 2. The summed E-state index contributed by atoms with van der Waals surface area (Å²) < 4.78 is 0. The maximum absolute atomic E-state index is 9.10. The normalized spacial score (nSPS) is 13.3. The van der Waals surface area contributed by atoms with E-state index in [1.54, 1.807) is 19.1 Å². The summed E-state index contributed by atoms with van der Waals surface area (Å²) in [5.41, 5.74) is 6.84. The topological polar surface area (TPSA) is 46.2 Å². The smallest absolute Gasteiger partial charge is 0.111 e. The van der Waals surface area contributed by atoms with E-state index < -0.39 is 0 Å². The molecule has 0 unspecified atom stereocenters. The Hall–Kier alpha value is -1.18. The average Bonchev–Trinajstić information content (AvgIpc) is 1.99. The first kappa shape index (κ1) is 9.82. The SMILES string of the molecule is C=C(N)/C(=C\C(O)=C/C)CC. The van der Waals surface area contributed by atoms with E-state index in [9.17, 15) is 0 Å². The molecule has 3 N–H and O–H groups in total. The molecule has 0 aromatic heterocycles. The minimum atomic E-state index is 0.230. The van der Waals surface area contributed by atoms with Crippen molar-refractivity contribution in [2.75, 3.05) is 0 Å². The monoisotopic (exact) mass is 153 g/mol. The van der Waals surface area contributed by atoms with E-state index in [0.29, 0.717) is 5.70 Å². The van der Waals surface area contributed by atoms with E-state index in [0.717, 1.165) is 12.0 Å². The van der Waals surface area contributed by atoms with Crippen molar-refractivity contribution in [3.8, 4) is 0 Å².